The number of sulfonamides is 1. The van der Waals surface area contributed by atoms with Crippen LogP contribution >= 0.6 is 0 Å². The summed E-state index contributed by atoms with van der Waals surface area (Å²) in [5, 5.41) is 0. The number of rotatable bonds is 2. The van der Waals surface area contributed by atoms with Gasteiger partial charge in [0.05, 0.1) is 6.26 Å². The Bertz CT molecular complexity index is 207. The molecule has 0 amide bonds. The van der Waals surface area contributed by atoms with E-state index < -0.39 is 21.3 Å². The monoisotopic (exact) mass is 172 g/mol. The Morgan fingerprint density at radius 1 is 1.56 bits per heavy atom. The highest BCUT2D eigenvalue weighted by atomic mass is 32.3. The molecule has 0 aliphatic rings. The molecule has 0 saturated carbocycles. The Hall–Kier alpha value is 0.0200. The van der Waals surface area contributed by atoms with Gasteiger partial charge in [-0.25, -0.2) is 8.42 Å². The third kappa shape index (κ3) is 2.89. The van der Waals surface area contributed by atoms with Gasteiger partial charge in [-0.05, 0) is 0 Å². The van der Waals surface area contributed by atoms with Gasteiger partial charge in [-0.1, -0.05) is 0 Å². The van der Waals surface area contributed by atoms with Gasteiger partial charge in [0.25, 0.3) is 0 Å². The number of hydrogen-bond acceptors (Lipinski definition) is 4. The Morgan fingerprint density at radius 3 is 1.89 bits per heavy atom. The lowest BCUT2D eigenvalue weighted by molar-refractivity contribution is 0.489. The summed E-state index contributed by atoms with van der Waals surface area (Å²) in [5.74, 6) is 0. The third-order valence-corrected chi connectivity index (χ3v) is 3.21. The van der Waals surface area contributed by atoms with Gasteiger partial charge in [-0.3, -0.25) is 4.21 Å². The van der Waals surface area contributed by atoms with Crippen molar-refractivity contribution in [3.05, 3.63) is 0 Å². The lowest BCUT2D eigenvalue weighted by Gasteiger charge is -2.15. The minimum atomic E-state index is -3.58. The summed E-state index contributed by atoms with van der Waals surface area (Å²) in [6, 6.07) is 0. The first-order valence-electron chi connectivity index (χ1n) is 1.89. The fraction of sp³-hybridized carbons (Fsp3) is 1.00. The summed E-state index contributed by atoms with van der Waals surface area (Å²) in [5.41, 5.74) is 0. The highest BCUT2D eigenvalue weighted by Crippen LogP contribution is 1.93. The lowest BCUT2D eigenvalue weighted by Crippen LogP contribution is -2.27. The van der Waals surface area contributed by atoms with E-state index in [9.17, 15) is 17.2 Å². The van der Waals surface area contributed by atoms with Gasteiger partial charge < -0.3 is 4.55 Å². The van der Waals surface area contributed by atoms with Gasteiger partial charge in [-0.2, -0.15) is 0 Å². The van der Waals surface area contributed by atoms with Crippen LogP contribution in [0.25, 0.3) is 0 Å². The molecule has 56 valence electrons. The Kier molecular flexibility index (Phi) is 2.74. The molecular weight excluding hydrogens is 166 g/mol. The molecular formula is C2H6NO4S2-. The highest BCUT2D eigenvalue weighted by Gasteiger charge is 2.09. The van der Waals surface area contributed by atoms with Crippen molar-refractivity contribution in [1.82, 2.24) is 3.71 Å². The molecule has 1 unspecified atom stereocenters. The molecule has 1 atom stereocenters. The summed E-state index contributed by atoms with van der Waals surface area (Å²) in [6.45, 7) is 0. The molecule has 0 aliphatic carbocycles. The average Bonchev–Trinajstić information content (AvgIpc) is 1.62. The molecule has 7 heteroatoms. The van der Waals surface area contributed by atoms with E-state index in [1.54, 1.807) is 0 Å². The normalized spacial score (nSPS) is 16.0. The van der Waals surface area contributed by atoms with Crippen LogP contribution < -0.4 is 0 Å². The van der Waals surface area contributed by atoms with E-state index in [2.05, 4.69) is 0 Å². The first-order chi connectivity index (χ1) is 3.85. The molecule has 0 rings (SSSR count). The van der Waals surface area contributed by atoms with Crippen molar-refractivity contribution in [3.63, 3.8) is 0 Å². The molecule has 0 bridgehead atoms. The Labute approximate surface area is 56.1 Å². The van der Waals surface area contributed by atoms with E-state index >= 15 is 0 Å². The van der Waals surface area contributed by atoms with Crippen molar-refractivity contribution >= 4 is 21.3 Å². The SMILES string of the molecule is CN(S(=O)[O-])S(C)(=O)=O. The van der Waals surface area contributed by atoms with Crippen molar-refractivity contribution in [1.29, 1.82) is 0 Å². The molecule has 0 spiro atoms. The predicted molar refractivity (Wildman–Crippen MR) is 31.5 cm³/mol. The van der Waals surface area contributed by atoms with Gasteiger partial charge in [0, 0.05) is 18.3 Å². The van der Waals surface area contributed by atoms with Gasteiger partial charge in [0.1, 0.15) is 0 Å². The Balaban J connectivity index is 4.43. The second-order valence-corrected chi connectivity index (χ2v) is 4.62. The fourth-order valence-corrected chi connectivity index (χ4v) is 0.995. The highest BCUT2D eigenvalue weighted by molar-refractivity contribution is 7.98. The van der Waals surface area contributed by atoms with E-state index in [4.69, 9.17) is 0 Å². The smallest absolute Gasteiger partial charge is 0.221 e. The first-order valence-corrected chi connectivity index (χ1v) is 4.77. The summed E-state index contributed by atoms with van der Waals surface area (Å²) in [6.07, 6.45) is 0.808. The van der Waals surface area contributed by atoms with Crippen molar-refractivity contribution < 1.29 is 17.2 Å². The maximum absolute atomic E-state index is 10.3. The zero-order valence-corrected chi connectivity index (χ0v) is 6.53. The van der Waals surface area contributed by atoms with Crippen LogP contribution in [0.2, 0.25) is 0 Å². The standard InChI is InChI=1S/C2H7NO4S2/c1-3(8(4)5)9(2,6)7/h1-2H3,(H,4,5)/p-1. The molecule has 0 aromatic heterocycles. The maximum atomic E-state index is 10.3. The maximum Gasteiger partial charge on any atom is 0.221 e. The molecule has 0 aromatic rings. The summed E-state index contributed by atoms with van der Waals surface area (Å²) < 4.78 is 40.6. The van der Waals surface area contributed by atoms with Crippen LogP contribution in [-0.2, 0) is 21.3 Å². The summed E-state index contributed by atoms with van der Waals surface area (Å²) >= 11 is -2.68. The van der Waals surface area contributed by atoms with Crippen LogP contribution in [-0.4, -0.2) is 34.2 Å². The van der Waals surface area contributed by atoms with Gasteiger partial charge in [0.2, 0.25) is 10.0 Å². The number of hydrogen-bond donors (Lipinski definition) is 0. The second kappa shape index (κ2) is 2.74. The summed E-state index contributed by atoms with van der Waals surface area (Å²) in [7, 11) is -2.62. The fourth-order valence-electron chi connectivity index (χ4n) is 0.111. The van der Waals surface area contributed by atoms with Crippen molar-refractivity contribution in [3.8, 4) is 0 Å². The lowest BCUT2D eigenvalue weighted by atomic mass is 11.6. The van der Waals surface area contributed by atoms with Crippen LogP contribution in [0.5, 0.6) is 0 Å². The first kappa shape index (κ1) is 9.02. The molecule has 0 aliphatic heterocycles. The minimum absolute atomic E-state index is 0.243. The molecule has 5 nitrogen and oxygen atoms in total. The van der Waals surface area contributed by atoms with Crippen LogP contribution in [0, 0.1) is 0 Å². The van der Waals surface area contributed by atoms with Gasteiger partial charge >= 0.3 is 0 Å². The van der Waals surface area contributed by atoms with Crippen LogP contribution in [0.3, 0.4) is 0 Å². The van der Waals surface area contributed by atoms with Gasteiger partial charge in [0.15, 0.2) is 0 Å². The molecule has 0 saturated heterocycles. The van der Waals surface area contributed by atoms with E-state index in [1.165, 1.54) is 0 Å². The van der Waals surface area contributed by atoms with Crippen LogP contribution in [0.15, 0.2) is 0 Å². The molecule has 0 fully saturated rings. The Morgan fingerprint density at radius 2 is 1.89 bits per heavy atom. The van der Waals surface area contributed by atoms with E-state index in [0.717, 1.165) is 13.3 Å². The zero-order valence-electron chi connectivity index (χ0n) is 4.90. The minimum Gasteiger partial charge on any atom is -0.759 e. The molecule has 0 aromatic carbocycles. The van der Waals surface area contributed by atoms with Crippen molar-refractivity contribution in [2.24, 2.45) is 0 Å². The van der Waals surface area contributed by atoms with E-state index in [0.29, 0.717) is 0 Å². The van der Waals surface area contributed by atoms with E-state index in [1.807, 2.05) is 0 Å². The van der Waals surface area contributed by atoms with Gasteiger partial charge in [-0.15, -0.1) is 3.71 Å². The summed E-state index contributed by atoms with van der Waals surface area (Å²) in [4.78, 5) is 0. The van der Waals surface area contributed by atoms with E-state index in [-0.39, 0.29) is 3.71 Å². The second-order valence-electron chi connectivity index (χ2n) is 1.39. The van der Waals surface area contributed by atoms with Crippen molar-refractivity contribution in [2.45, 2.75) is 0 Å². The van der Waals surface area contributed by atoms with Crippen molar-refractivity contribution in [2.75, 3.05) is 13.3 Å². The topological polar surface area (TPSA) is 77.5 Å². The predicted octanol–water partition coefficient (Wildman–Crippen LogP) is -1.33. The van der Waals surface area contributed by atoms with Crippen LogP contribution in [0.4, 0.5) is 0 Å². The third-order valence-electron chi connectivity index (χ3n) is 0.677. The largest absolute Gasteiger partial charge is 0.759 e. The average molecular weight is 172 g/mol. The zero-order chi connectivity index (χ0) is 7.65. The molecule has 9 heavy (non-hydrogen) atoms. The quantitative estimate of drug-likeness (QED) is 0.483. The molecule has 0 radical (unpaired) electrons. The molecule has 0 heterocycles. The molecule has 0 N–H and O–H groups in total. The number of nitrogens with zero attached hydrogens (tertiary/aromatic N) is 1. The van der Waals surface area contributed by atoms with Crippen LogP contribution in [0.1, 0.15) is 0 Å².